The van der Waals surface area contributed by atoms with Crippen LogP contribution in [-0.2, 0) is 60.2 Å². The molecular weight excluding hydrogens is 937 g/mol. The van der Waals surface area contributed by atoms with Crippen LogP contribution in [0.3, 0.4) is 0 Å². The predicted octanol–water partition coefficient (Wildman–Crippen LogP) is 21.6. The van der Waals surface area contributed by atoms with Gasteiger partial charge in [-0.05, 0) is 166 Å². The van der Waals surface area contributed by atoms with E-state index in [1.54, 1.807) is 5.57 Å². The third-order valence-electron chi connectivity index (χ3n) is 15.9. The summed E-state index contributed by atoms with van der Waals surface area (Å²) in [6, 6.07) is 44.3. The highest BCUT2D eigenvalue weighted by Gasteiger charge is 2.26. The second-order valence-electron chi connectivity index (χ2n) is 28.5. The first-order valence-corrected chi connectivity index (χ1v) is 29.2. The Morgan fingerprint density at radius 2 is 0.795 bits per heavy atom. The smallest absolute Gasteiger partial charge is 0.00526 e. The Hall–Kier alpha value is -6.24. The molecule has 0 heteroatoms. The van der Waals surface area contributed by atoms with Crippen molar-refractivity contribution in [3.63, 3.8) is 0 Å². The van der Waals surface area contributed by atoms with E-state index in [1.807, 2.05) is 0 Å². The third kappa shape index (κ3) is 15.3. The van der Waals surface area contributed by atoms with E-state index in [0.717, 1.165) is 38.5 Å². The number of benzene rings is 6. The second-order valence-corrected chi connectivity index (χ2v) is 28.5. The Kier molecular flexibility index (Phi) is 18.3. The molecular formula is C78H96. The van der Waals surface area contributed by atoms with Gasteiger partial charge >= 0.3 is 0 Å². The maximum Gasteiger partial charge on any atom is -0.00526 e. The summed E-state index contributed by atoms with van der Waals surface area (Å²) < 4.78 is 0. The SMILES string of the molecule is CC(C)(C)C1=CCc2ccccc21.CC(C)(C)C1=Cc2ccccc2C1.CC(C)(C)c1ccc2c(c1)CC=C2.CC(C)(C)c1ccc2c(c1)CC=C2.CC(C)(C)c1cccc2c1C=CC2.CC(C)(C)c1cccc2c1CC=C2. The molecule has 6 aliphatic carbocycles. The minimum absolute atomic E-state index is 0.264. The summed E-state index contributed by atoms with van der Waals surface area (Å²) in [5.74, 6) is 0. The second kappa shape index (κ2) is 24.0. The molecule has 0 radical (unpaired) electrons. The van der Waals surface area contributed by atoms with E-state index in [-0.39, 0.29) is 27.1 Å². The lowest BCUT2D eigenvalue weighted by atomic mass is 9.82. The molecule has 0 aromatic heterocycles. The van der Waals surface area contributed by atoms with Crippen molar-refractivity contribution in [3.8, 4) is 0 Å². The Balaban J connectivity index is 0.000000136. The molecule has 6 aromatic carbocycles. The van der Waals surface area contributed by atoms with E-state index in [0.29, 0.717) is 5.41 Å². The number of hydrogen-bond acceptors (Lipinski definition) is 0. The fourth-order valence-electron chi connectivity index (χ4n) is 11.1. The lowest BCUT2D eigenvalue weighted by Gasteiger charge is -2.22. The molecule has 0 spiro atoms. The fraction of sp³-hybridized carbons (Fsp3) is 0.385. The van der Waals surface area contributed by atoms with Gasteiger partial charge in [-0.1, -0.05) is 312 Å². The van der Waals surface area contributed by atoms with E-state index >= 15 is 0 Å². The molecule has 0 heterocycles. The average Bonchev–Trinajstić information content (AvgIpc) is 4.25. The van der Waals surface area contributed by atoms with Crippen LogP contribution in [0.1, 0.15) is 214 Å². The molecule has 0 bridgehead atoms. The van der Waals surface area contributed by atoms with Gasteiger partial charge in [-0.2, -0.15) is 0 Å². The summed E-state index contributed by atoms with van der Waals surface area (Å²) in [6.07, 6.45) is 29.3. The molecule has 0 nitrogen and oxygen atoms in total. The first-order chi connectivity index (χ1) is 36.5. The molecule has 0 aliphatic heterocycles. The minimum atomic E-state index is 0.264. The summed E-state index contributed by atoms with van der Waals surface area (Å²) >= 11 is 0. The molecule has 78 heavy (non-hydrogen) atoms. The van der Waals surface area contributed by atoms with Crippen LogP contribution in [-0.4, -0.2) is 0 Å². The Labute approximate surface area is 475 Å². The van der Waals surface area contributed by atoms with Gasteiger partial charge in [0, 0.05) is 0 Å². The van der Waals surface area contributed by atoms with Crippen LogP contribution >= 0.6 is 0 Å². The number of hydrogen-bond donors (Lipinski definition) is 0. The van der Waals surface area contributed by atoms with Gasteiger partial charge in [0.15, 0.2) is 0 Å². The fourth-order valence-corrected chi connectivity index (χ4v) is 11.1. The first kappa shape index (κ1) is 59.4. The van der Waals surface area contributed by atoms with Crippen LogP contribution in [0.25, 0.3) is 36.0 Å². The van der Waals surface area contributed by atoms with Gasteiger partial charge in [0.2, 0.25) is 0 Å². The predicted molar refractivity (Wildman–Crippen MR) is 347 cm³/mol. The van der Waals surface area contributed by atoms with Crippen molar-refractivity contribution in [1.82, 2.24) is 0 Å². The molecule has 6 aliphatic rings. The Bertz CT molecular complexity index is 3170. The van der Waals surface area contributed by atoms with Crippen LogP contribution in [0.15, 0.2) is 157 Å². The summed E-state index contributed by atoms with van der Waals surface area (Å²) in [4.78, 5) is 0. The van der Waals surface area contributed by atoms with Crippen LogP contribution in [0.5, 0.6) is 0 Å². The topological polar surface area (TPSA) is 0 Å². The Morgan fingerprint density at radius 1 is 0.321 bits per heavy atom. The molecule has 12 rings (SSSR count). The van der Waals surface area contributed by atoms with Crippen molar-refractivity contribution in [2.24, 2.45) is 10.8 Å². The van der Waals surface area contributed by atoms with Crippen LogP contribution in [0.4, 0.5) is 0 Å². The zero-order valence-electron chi connectivity index (χ0n) is 51.6. The zero-order valence-corrected chi connectivity index (χ0v) is 51.6. The molecule has 6 aromatic rings. The van der Waals surface area contributed by atoms with Crippen molar-refractivity contribution in [2.75, 3.05) is 0 Å². The van der Waals surface area contributed by atoms with Crippen LogP contribution in [0.2, 0.25) is 0 Å². The molecule has 0 fully saturated rings. The largest absolute Gasteiger partial charge is 0.0795 e. The summed E-state index contributed by atoms with van der Waals surface area (Å²) in [7, 11) is 0. The molecule has 0 amide bonds. The van der Waals surface area contributed by atoms with Crippen LogP contribution in [0, 0.1) is 10.8 Å². The first-order valence-electron chi connectivity index (χ1n) is 29.2. The molecule has 0 unspecified atom stereocenters. The number of allylic oxidation sites excluding steroid dienone is 7. The van der Waals surface area contributed by atoms with Crippen molar-refractivity contribution in [3.05, 3.63) is 246 Å². The van der Waals surface area contributed by atoms with Gasteiger partial charge in [-0.3, -0.25) is 0 Å². The maximum atomic E-state index is 2.37. The van der Waals surface area contributed by atoms with E-state index in [1.165, 1.54) is 94.6 Å². The molecule has 0 atom stereocenters. The van der Waals surface area contributed by atoms with E-state index in [9.17, 15) is 0 Å². The summed E-state index contributed by atoms with van der Waals surface area (Å²) in [5, 5.41) is 0. The average molecular weight is 1030 g/mol. The lowest BCUT2D eigenvalue weighted by molar-refractivity contribution is 0.498. The van der Waals surface area contributed by atoms with Gasteiger partial charge in [-0.25, -0.2) is 0 Å². The molecule has 0 saturated carbocycles. The van der Waals surface area contributed by atoms with Gasteiger partial charge in [0.1, 0.15) is 0 Å². The van der Waals surface area contributed by atoms with Crippen molar-refractivity contribution in [2.45, 2.75) is 185 Å². The minimum Gasteiger partial charge on any atom is -0.0795 e. The van der Waals surface area contributed by atoms with E-state index in [4.69, 9.17) is 0 Å². The summed E-state index contributed by atoms with van der Waals surface area (Å²) in [5.41, 5.74) is 28.0. The molecule has 0 saturated heterocycles. The zero-order chi connectivity index (χ0) is 56.8. The number of rotatable bonds is 0. The van der Waals surface area contributed by atoms with E-state index < -0.39 is 0 Å². The highest BCUT2D eigenvalue weighted by Crippen LogP contribution is 2.40. The van der Waals surface area contributed by atoms with Gasteiger partial charge in [0.25, 0.3) is 0 Å². The standard InChI is InChI=1S/6C13H16/c2*1-13(2,3)12-9-5-7-10-6-4-8-11(10)12;2*1-13(2,3)12-8-7-10-5-4-6-11(10)9-12;1-13(2,3)12-8-10-6-4-5-7-11(10)9-12;1-13(2,3)12-9-8-10-6-4-5-7-11(10)12/h4-5,7-9H,6H2,1-3H3;4-7,9H,8H2,1-3H3;2*4-5,7-9H,6H2,1-3H3;4-8H,9H2,1-3H3;4-7,9H,8H2,1-3H3. The van der Waals surface area contributed by atoms with Gasteiger partial charge < -0.3 is 0 Å². The third-order valence-corrected chi connectivity index (χ3v) is 15.9. The van der Waals surface area contributed by atoms with Crippen LogP contribution < -0.4 is 0 Å². The van der Waals surface area contributed by atoms with E-state index in [2.05, 4.69) is 307 Å². The monoisotopic (exact) mass is 1030 g/mol. The van der Waals surface area contributed by atoms with Gasteiger partial charge in [-0.15, -0.1) is 0 Å². The highest BCUT2D eigenvalue weighted by atomic mass is 14.3. The lowest BCUT2D eigenvalue weighted by Crippen LogP contribution is -2.13. The normalized spacial score (nSPS) is 14.9. The maximum absolute atomic E-state index is 2.37. The van der Waals surface area contributed by atoms with Crippen molar-refractivity contribution in [1.29, 1.82) is 0 Å². The Morgan fingerprint density at radius 3 is 1.35 bits per heavy atom. The quantitative estimate of drug-likeness (QED) is 0.142. The molecule has 408 valence electrons. The van der Waals surface area contributed by atoms with Crippen molar-refractivity contribution >= 4 is 36.0 Å². The summed E-state index contributed by atoms with van der Waals surface area (Å²) in [6.45, 7) is 40.9. The van der Waals surface area contributed by atoms with Crippen molar-refractivity contribution < 1.29 is 0 Å². The number of fused-ring (bicyclic) bond motifs is 6. The molecule has 0 N–H and O–H groups in total. The highest BCUT2D eigenvalue weighted by molar-refractivity contribution is 5.76. The van der Waals surface area contributed by atoms with Gasteiger partial charge in [0.05, 0.1) is 0 Å².